The van der Waals surface area contributed by atoms with Crippen LogP contribution in [0.25, 0.3) is 0 Å². The Kier molecular flexibility index (Phi) is 5.10. The van der Waals surface area contributed by atoms with Crippen molar-refractivity contribution < 1.29 is 19.2 Å². The molecule has 15 heavy (non-hydrogen) atoms. The zero-order valence-corrected chi connectivity index (χ0v) is 10.3. The van der Waals surface area contributed by atoms with Crippen LogP contribution in [0.4, 0.5) is 4.79 Å². The average molecular weight is 235 g/mol. The van der Waals surface area contributed by atoms with Crippen molar-refractivity contribution >= 4 is 22.4 Å². The molecule has 1 unspecified atom stereocenters. The van der Waals surface area contributed by atoms with Gasteiger partial charge in [-0.25, -0.2) is 9.59 Å². The molecule has 0 heterocycles. The molecule has 0 saturated carbocycles. The molecule has 0 radical (unpaired) electrons. The van der Waals surface area contributed by atoms with Crippen LogP contribution in [0.5, 0.6) is 0 Å². The Morgan fingerprint density at radius 2 is 1.73 bits per heavy atom. The fourth-order valence-corrected chi connectivity index (χ4v) is 1.98. The molecule has 88 valence electrons. The minimum atomic E-state index is -2.05. The fraction of sp³-hybridized carbons (Fsp3) is 0.778. The first-order valence-electron chi connectivity index (χ1n) is 4.73. The van der Waals surface area contributed by atoms with Crippen molar-refractivity contribution in [2.45, 2.75) is 32.4 Å². The van der Waals surface area contributed by atoms with E-state index >= 15 is 0 Å². The number of nitrogens with zero attached hydrogens (tertiary/aromatic N) is 1. The molecule has 1 atom stereocenters. The maximum Gasteiger partial charge on any atom is 0.430 e. The summed E-state index contributed by atoms with van der Waals surface area (Å²) >= 11 is -2.05. The topological polar surface area (TPSA) is 80.7 Å². The van der Waals surface area contributed by atoms with Crippen LogP contribution in [0.2, 0.25) is 0 Å². The zero-order chi connectivity index (χ0) is 12.2. The Labute approximate surface area is 92.6 Å². The fourth-order valence-electron chi connectivity index (χ4n) is 0.897. The summed E-state index contributed by atoms with van der Waals surface area (Å²) in [7, 11) is 0. The first kappa shape index (κ1) is 14.2. The van der Waals surface area contributed by atoms with E-state index in [4.69, 9.17) is 5.11 Å². The highest BCUT2D eigenvalue weighted by molar-refractivity contribution is 8.07. The van der Waals surface area contributed by atoms with Gasteiger partial charge in [0.1, 0.15) is 0 Å². The molecule has 0 aliphatic heterocycles. The standard InChI is InChI=1S/C9H17NO4S/c1-5-10(6-2)8(13)15(14)9(3,4)7(11)12/h5-6H2,1-4H3,(H,11,12). The van der Waals surface area contributed by atoms with Crippen LogP contribution >= 0.6 is 0 Å². The van der Waals surface area contributed by atoms with Crippen LogP contribution in [0.1, 0.15) is 27.7 Å². The van der Waals surface area contributed by atoms with Gasteiger partial charge in [-0.2, -0.15) is 0 Å². The Balaban J connectivity index is 4.77. The van der Waals surface area contributed by atoms with Gasteiger partial charge < -0.3 is 9.66 Å². The van der Waals surface area contributed by atoms with E-state index in [0.717, 1.165) is 0 Å². The molecule has 0 bridgehead atoms. The van der Waals surface area contributed by atoms with Crippen molar-refractivity contribution in [3.63, 3.8) is 0 Å². The Hall–Kier alpha value is -0.750. The highest BCUT2D eigenvalue weighted by atomic mass is 32.2. The van der Waals surface area contributed by atoms with Crippen molar-refractivity contribution in [3.8, 4) is 0 Å². The molecule has 0 aromatic rings. The second-order valence-corrected chi connectivity index (χ2v) is 5.43. The average Bonchev–Trinajstić information content (AvgIpc) is 2.17. The molecule has 0 aromatic heterocycles. The van der Waals surface area contributed by atoms with Gasteiger partial charge in [0.25, 0.3) is 0 Å². The maximum absolute atomic E-state index is 11.7. The van der Waals surface area contributed by atoms with Crippen molar-refractivity contribution in [1.82, 2.24) is 4.90 Å². The van der Waals surface area contributed by atoms with Gasteiger partial charge in [-0.3, -0.25) is 4.90 Å². The Bertz CT molecular complexity index is 250. The predicted octanol–water partition coefficient (Wildman–Crippen LogP) is 1.06. The van der Waals surface area contributed by atoms with Gasteiger partial charge in [0, 0.05) is 13.1 Å². The molecule has 0 aliphatic rings. The summed E-state index contributed by atoms with van der Waals surface area (Å²) in [6.45, 7) is 6.94. The number of hydrogen-bond acceptors (Lipinski definition) is 3. The number of carbonyl (C=O) groups excluding carboxylic acids is 1. The molecular formula is C9H17NO4S. The highest BCUT2D eigenvalue weighted by Crippen LogP contribution is 2.20. The van der Waals surface area contributed by atoms with Crippen LogP contribution in [0.15, 0.2) is 0 Å². The van der Waals surface area contributed by atoms with Crippen molar-refractivity contribution in [2.75, 3.05) is 13.1 Å². The van der Waals surface area contributed by atoms with E-state index in [1.807, 2.05) is 0 Å². The van der Waals surface area contributed by atoms with E-state index < -0.39 is 27.1 Å². The van der Waals surface area contributed by atoms with E-state index in [1.165, 1.54) is 18.7 Å². The highest BCUT2D eigenvalue weighted by Gasteiger charge is 2.46. The second kappa shape index (κ2) is 5.37. The van der Waals surface area contributed by atoms with Gasteiger partial charge in [-0.05, 0) is 27.7 Å². The molecule has 0 aliphatic carbocycles. The number of carboxylic acids is 1. The van der Waals surface area contributed by atoms with Gasteiger partial charge in [0.15, 0.2) is 0 Å². The minimum absolute atomic E-state index is 0.427. The number of carboxylic acid groups (broad SMARTS) is 1. The third-order valence-corrected chi connectivity index (χ3v) is 3.84. The lowest BCUT2D eigenvalue weighted by atomic mass is 10.2. The third-order valence-electron chi connectivity index (χ3n) is 2.16. The monoisotopic (exact) mass is 235 g/mol. The largest absolute Gasteiger partial charge is 0.607 e. The summed E-state index contributed by atoms with van der Waals surface area (Å²) in [6, 6.07) is 0. The summed E-state index contributed by atoms with van der Waals surface area (Å²) in [5, 5.41) is 8.21. The van der Waals surface area contributed by atoms with Crippen molar-refractivity contribution in [3.05, 3.63) is 0 Å². The molecule has 0 saturated heterocycles. The first-order valence-corrected chi connectivity index (χ1v) is 5.88. The van der Waals surface area contributed by atoms with Crippen molar-refractivity contribution in [2.24, 2.45) is 0 Å². The van der Waals surface area contributed by atoms with Crippen molar-refractivity contribution in [1.29, 1.82) is 0 Å². The van der Waals surface area contributed by atoms with E-state index in [1.54, 1.807) is 13.8 Å². The summed E-state index contributed by atoms with van der Waals surface area (Å²) in [5.41, 5.74) is 0. The summed E-state index contributed by atoms with van der Waals surface area (Å²) in [6.07, 6.45) is 0. The molecule has 6 heteroatoms. The van der Waals surface area contributed by atoms with Gasteiger partial charge in [0.2, 0.25) is 4.75 Å². The lowest BCUT2D eigenvalue weighted by molar-refractivity contribution is -0.139. The number of hydrogen-bond donors (Lipinski definition) is 1. The quantitative estimate of drug-likeness (QED) is 0.739. The number of rotatable bonds is 4. The first-order chi connectivity index (χ1) is 6.78. The molecule has 0 spiro atoms. The van der Waals surface area contributed by atoms with Gasteiger partial charge in [-0.1, -0.05) is 0 Å². The van der Waals surface area contributed by atoms with Crippen LogP contribution in [-0.2, 0) is 16.0 Å². The number of carbonyl (C=O) groups is 2. The van der Waals surface area contributed by atoms with Gasteiger partial charge in [0.05, 0.1) is 11.2 Å². The number of amides is 1. The molecular weight excluding hydrogens is 218 g/mol. The molecule has 0 fully saturated rings. The van der Waals surface area contributed by atoms with Gasteiger partial charge >= 0.3 is 11.2 Å². The summed E-state index contributed by atoms with van der Waals surface area (Å²) < 4.78 is 10.2. The lowest BCUT2D eigenvalue weighted by Gasteiger charge is -2.26. The predicted molar refractivity (Wildman–Crippen MR) is 58.2 cm³/mol. The van der Waals surface area contributed by atoms with E-state index in [0.29, 0.717) is 13.1 Å². The Morgan fingerprint density at radius 1 is 1.33 bits per heavy atom. The minimum Gasteiger partial charge on any atom is -0.607 e. The third kappa shape index (κ3) is 3.10. The smallest absolute Gasteiger partial charge is 0.430 e. The Morgan fingerprint density at radius 3 is 2.00 bits per heavy atom. The lowest BCUT2D eigenvalue weighted by Crippen LogP contribution is -2.49. The molecule has 5 nitrogen and oxygen atoms in total. The van der Waals surface area contributed by atoms with Crippen LogP contribution in [0.3, 0.4) is 0 Å². The van der Waals surface area contributed by atoms with Crippen LogP contribution in [0, 0.1) is 0 Å². The van der Waals surface area contributed by atoms with E-state index in [9.17, 15) is 14.1 Å². The van der Waals surface area contributed by atoms with Crippen LogP contribution < -0.4 is 0 Å². The summed E-state index contributed by atoms with van der Waals surface area (Å²) in [5.74, 6) is -1.23. The number of aliphatic carboxylic acids is 1. The maximum atomic E-state index is 11.7. The SMILES string of the molecule is CCN(CC)C(=O)[S+]([O-])C(C)(C)C(=O)O. The summed E-state index contributed by atoms with van der Waals surface area (Å²) in [4.78, 5) is 23.8. The molecule has 1 amide bonds. The van der Waals surface area contributed by atoms with E-state index in [-0.39, 0.29) is 0 Å². The normalized spacial score (nSPS) is 13.4. The van der Waals surface area contributed by atoms with Crippen LogP contribution in [-0.4, -0.2) is 43.6 Å². The molecule has 1 N–H and O–H groups in total. The molecule has 0 aromatic carbocycles. The van der Waals surface area contributed by atoms with E-state index in [2.05, 4.69) is 0 Å². The zero-order valence-electron chi connectivity index (χ0n) is 9.44. The second-order valence-electron chi connectivity index (χ2n) is 3.52. The molecule has 0 rings (SSSR count). The van der Waals surface area contributed by atoms with Gasteiger partial charge in [-0.15, -0.1) is 0 Å².